The molecule has 0 saturated heterocycles. The van der Waals surface area contributed by atoms with Crippen LogP contribution < -0.4 is 10.1 Å². The molecule has 2 heterocycles. The Bertz CT molecular complexity index is 1580. The van der Waals surface area contributed by atoms with Gasteiger partial charge in [0.1, 0.15) is 36.9 Å². The van der Waals surface area contributed by atoms with Gasteiger partial charge >= 0.3 is 0 Å². The normalized spacial score (nSPS) is 10.4. The number of hydrogen-bond acceptors (Lipinski definition) is 7. The van der Waals surface area contributed by atoms with Crippen molar-refractivity contribution in [1.82, 2.24) is 9.97 Å². The second-order valence-corrected chi connectivity index (χ2v) is 9.38. The Kier molecular flexibility index (Phi) is 9.45. The molecule has 196 valence electrons. The van der Waals surface area contributed by atoms with E-state index >= 15 is 0 Å². The van der Waals surface area contributed by atoms with Gasteiger partial charge in [-0.25, -0.2) is 14.4 Å². The van der Waals surface area contributed by atoms with Crippen LogP contribution in [0.25, 0.3) is 21.3 Å². The van der Waals surface area contributed by atoms with Crippen molar-refractivity contribution in [2.45, 2.75) is 6.61 Å². The number of aliphatic hydroxyl groups excluding tert-OH is 1. The van der Waals surface area contributed by atoms with E-state index in [-0.39, 0.29) is 29.2 Å². The number of fused-ring (bicyclic) bond motifs is 1. The van der Waals surface area contributed by atoms with Crippen LogP contribution in [0, 0.1) is 5.82 Å². The van der Waals surface area contributed by atoms with Gasteiger partial charge in [0.05, 0.1) is 15.4 Å². The number of ketones is 1. The highest BCUT2D eigenvalue weighted by Gasteiger charge is 2.12. The summed E-state index contributed by atoms with van der Waals surface area (Å²) < 4.78 is 19.1. The number of nitrogens with one attached hydrogen (secondary N) is 1. The molecule has 0 aliphatic carbocycles. The van der Waals surface area contributed by atoms with Crippen molar-refractivity contribution in [3.8, 4) is 16.2 Å². The topological polar surface area (TPSA) is 147 Å². The summed E-state index contributed by atoms with van der Waals surface area (Å²) in [5.41, 5.74) is 3.06. The van der Waals surface area contributed by atoms with E-state index in [1.165, 1.54) is 29.8 Å². The maximum absolute atomic E-state index is 13.4. The zero-order valence-electron chi connectivity index (χ0n) is 19.7. The van der Waals surface area contributed by atoms with Crippen molar-refractivity contribution in [2.24, 2.45) is 0 Å². The zero-order valence-corrected chi connectivity index (χ0v) is 21.3. The third kappa shape index (κ3) is 6.31. The predicted octanol–water partition coefficient (Wildman–Crippen LogP) is 5.00. The first kappa shape index (κ1) is 28.6. The molecule has 5 aromatic rings. The quantitative estimate of drug-likeness (QED) is 0.257. The predicted molar refractivity (Wildman–Crippen MR) is 147 cm³/mol. The molecule has 8 nitrogen and oxygen atoms in total. The van der Waals surface area contributed by atoms with Crippen molar-refractivity contribution in [3.63, 3.8) is 0 Å². The average molecular weight is 556 g/mol. The molecule has 6 N–H and O–H groups in total. The van der Waals surface area contributed by atoms with Gasteiger partial charge in [-0.15, -0.1) is 11.3 Å². The van der Waals surface area contributed by atoms with Gasteiger partial charge in [-0.3, -0.25) is 4.79 Å². The van der Waals surface area contributed by atoms with E-state index in [0.29, 0.717) is 32.7 Å². The molecule has 38 heavy (non-hydrogen) atoms. The molecule has 0 saturated carbocycles. The van der Waals surface area contributed by atoms with E-state index in [0.717, 1.165) is 21.3 Å². The summed E-state index contributed by atoms with van der Waals surface area (Å²) in [5, 5.41) is 13.6. The number of halogens is 2. The SMILES string of the molecule is O.O.O=C(CO)c1ccc(-c2ccc3ncnc(Nc4ccc(OCc5cccc(F)c5)c(Cl)c4)c3c2)s1. The first-order chi connectivity index (χ1) is 17.5. The third-order valence-corrected chi connectivity index (χ3v) is 6.89. The highest BCUT2D eigenvalue weighted by molar-refractivity contribution is 7.17. The molecule has 0 radical (unpaired) electrons. The number of rotatable bonds is 8. The van der Waals surface area contributed by atoms with Crippen molar-refractivity contribution >= 4 is 51.1 Å². The number of aliphatic hydroxyl groups is 1. The van der Waals surface area contributed by atoms with Crippen molar-refractivity contribution in [1.29, 1.82) is 0 Å². The first-order valence-corrected chi connectivity index (χ1v) is 12.1. The molecule has 0 atom stereocenters. The van der Waals surface area contributed by atoms with Gasteiger partial charge in [0.15, 0.2) is 5.78 Å². The number of carbonyl (C=O) groups excluding carboxylic acids is 1. The molecule has 0 spiro atoms. The highest BCUT2D eigenvalue weighted by atomic mass is 35.5. The van der Waals surface area contributed by atoms with E-state index in [9.17, 15) is 9.18 Å². The van der Waals surface area contributed by atoms with Gasteiger partial charge in [-0.1, -0.05) is 29.8 Å². The monoisotopic (exact) mass is 555 g/mol. The summed E-state index contributed by atoms with van der Waals surface area (Å²) in [4.78, 5) is 22.0. The number of anilines is 2. The van der Waals surface area contributed by atoms with E-state index in [2.05, 4.69) is 15.3 Å². The fraction of sp³-hybridized carbons (Fsp3) is 0.0741. The minimum absolute atomic E-state index is 0. The number of carbonyl (C=O) groups is 1. The van der Waals surface area contributed by atoms with Crippen LogP contribution in [-0.2, 0) is 6.61 Å². The molecular weight excluding hydrogens is 533 g/mol. The van der Waals surface area contributed by atoms with Gasteiger partial charge in [-0.05, 0) is 65.7 Å². The summed E-state index contributed by atoms with van der Waals surface area (Å²) in [6.07, 6.45) is 1.48. The second-order valence-electron chi connectivity index (χ2n) is 7.89. The molecule has 5 rings (SSSR count). The average Bonchev–Trinajstić information content (AvgIpc) is 3.38. The minimum atomic E-state index is -0.517. The van der Waals surface area contributed by atoms with Gasteiger partial charge in [0, 0.05) is 16.0 Å². The summed E-state index contributed by atoms with van der Waals surface area (Å²) in [5.74, 6) is 0.444. The van der Waals surface area contributed by atoms with Crippen molar-refractivity contribution in [2.75, 3.05) is 11.9 Å². The molecule has 0 unspecified atom stereocenters. The standard InChI is InChI=1S/C27H19ClFN3O3S.2H2O/c28-21-12-19(5-7-24(21)35-14-16-2-1-3-18(29)10-16)32-27-20-11-17(4-6-22(20)30-15-31-27)25-8-9-26(36-25)23(34)13-33;;/h1-12,15,33H,13-14H2,(H,30,31,32);2*1H2. The van der Waals surface area contributed by atoms with E-state index in [1.807, 2.05) is 30.3 Å². The fourth-order valence-electron chi connectivity index (χ4n) is 3.65. The van der Waals surface area contributed by atoms with Crippen LogP contribution in [0.3, 0.4) is 0 Å². The lowest BCUT2D eigenvalue weighted by Gasteiger charge is -2.12. The molecule has 0 amide bonds. The number of Topliss-reactive ketones (excluding diaryl/α,β-unsaturated/α-hetero) is 1. The van der Waals surface area contributed by atoms with Crippen molar-refractivity contribution in [3.05, 3.63) is 100 Å². The largest absolute Gasteiger partial charge is 0.487 e. The van der Waals surface area contributed by atoms with Crippen LogP contribution in [-0.4, -0.2) is 38.4 Å². The number of hydrogen-bond donors (Lipinski definition) is 2. The Morgan fingerprint density at radius 3 is 2.63 bits per heavy atom. The first-order valence-electron chi connectivity index (χ1n) is 10.9. The molecular formula is C27H23ClFN3O5S. The number of ether oxygens (including phenoxy) is 1. The van der Waals surface area contributed by atoms with Crippen molar-refractivity contribution < 1.29 is 30.0 Å². The summed E-state index contributed by atoms with van der Waals surface area (Å²) >= 11 is 7.76. The van der Waals surface area contributed by atoms with Crippen LogP contribution >= 0.6 is 22.9 Å². The maximum atomic E-state index is 13.4. The Labute approximate surface area is 226 Å². The minimum Gasteiger partial charge on any atom is -0.487 e. The molecule has 0 bridgehead atoms. The number of aromatic nitrogens is 2. The van der Waals surface area contributed by atoms with E-state index in [1.54, 1.807) is 30.3 Å². The Morgan fingerprint density at radius 2 is 1.87 bits per heavy atom. The van der Waals surface area contributed by atoms with Gasteiger partial charge in [0.2, 0.25) is 0 Å². The Balaban J connectivity index is 0.00000200. The second kappa shape index (κ2) is 12.5. The van der Waals surface area contributed by atoms with Crippen LogP contribution in [0.2, 0.25) is 5.02 Å². The molecule has 2 aromatic heterocycles. The maximum Gasteiger partial charge on any atom is 0.198 e. The van der Waals surface area contributed by atoms with Crippen LogP contribution in [0.4, 0.5) is 15.9 Å². The molecule has 0 fully saturated rings. The molecule has 3 aromatic carbocycles. The molecule has 0 aliphatic rings. The lowest BCUT2D eigenvalue weighted by Crippen LogP contribution is -2.00. The summed E-state index contributed by atoms with van der Waals surface area (Å²) in [6, 6.07) is 20.8. The highest BCUT2D eigenvalue weighted by Crippen LogP contribution is 2.34. The number of benzene rings is 3. The van der Waals surface area contributed by atoms with Gasteiger partial charge in [0.25, 0.3) is 0 Å². The van der Waals surface area contributed by atoms with Gasteiger partial charge < -0.3 is 26.1 Å². The number of thiophene rings is 1. The van der Waals surface area contributed by atoms with E-state index < -0.39 is 6.61 Å². The van der Waals surface area contributed by atoms with Crippen LogP contribution in [0.15, 0.2) is 79.1 Å². The van der Waals surface area contributed by atoms with Crippen LogP contribution in [0.5, 0.6) is 5.75 Å². The third-order valence-electron chi connectivity index (χ3n) is 5.42. The lowest BCUT2D eigenvalue weighted by atomic mass is 10.1. The lowest BCUT2D eigenvalue weighted by molar-refractivity contribution is 0.0908. The number of nitrogens with zero attached hydrogens (tertiary/aromatic N) is 2. The molecule has 0 aliphatic heterocycles. The smallest absolute Gasteiger partial charge is 0.198 e. The van der Waals surface area contributed by atoms with Gasteiger partial charge in [-0.2, -0.15) is 0 Å². The van der Waals surface area contributed by atoms with Crippen LogP contribution in [0.1, 0.15) is 15.2 Å². The Hall–Kier alpha value is -3.93. The Morgan fingerprint density at radius 1 is 1.03 bits per heavy atom. The zero-order chi connectivity index (χ0) is 25.1. The fourth-order valence-corrected chi connectivity index (χ4v) is 4.82. The summed E-state index contributed by atoms with van der Waals surface area (Å²) in [7, 11) is 0. The molecule has 11 heteroatoms. The van der Waals surface area contributed by atoms with E-state index in [4.69, 9.17) is 21.4 Å². The summed E-state index contributed by atoms with van der Waals surface area (Å²) in [6.45, 7) is -0.325.